The molecular formula is C12H17N3. The predicted octanol–water partition coefficient (Wildman–Crippen LogP) is 1.65. The standard InChI is InChI=1S/C12H17N3/c1-3-15(7-6-13)12-5-4-10(2)8-11(12)9-14/h4-5,8H,3,6-7,13H2,1-2H3. The van der Waals surface area contributed by atoms with Gasteiger partial charge in [-0.05, 0) is 31.5 Å². The summed E-state index contributed by atoms with van der Waals surface area (Å²) in [4.78, 5) is 2.12. The summed E-state index contributed by atoms with van der Waals surface area (Å²) in [5.74, 6) is 0. The van der Waals surface area contributed by atoms with Crippen molar-refractivity contribution in [2.45, 2.75) is 13.8 Å². The lowest BCUT2D eigenvalue weighted by Gasteiger charge is -2.23. The van der Waals surface area contributed by atoms with Crippen LogP contribution in [0.25, 0.3) is 0 Å². The van der Waals surface area contributed by atoms with E-state index in [1.807, 2.05) is 25.1 Å². The van der Waals surface area contributed by atoms with Crippen molar-refractivity contribution >= 4 is 5.69 Å². The van der Waals surface area contributed by atoms with Crippen molar-refractivity contribution in [3.8, 4) is 6.07 Å². The zero-order valence-corrected chi connectivity index (χ0v) is 9.33. The SMILES string of the molecule is CCN(CCN)c1ccc(C)cc1C#N. The fraction of sp³-hybridized carbons (Fsp3) is 0.417. The molecule has 0 unspecified atom stereocenters. The van der Waals surface area contributed by atoms with Gasteiger partial charge in [0.1, 0.15) is 6.07 Å². The van der Waals surface area contributed by atoms with E-state index >= 15 is 0 Å². The number of anilines is 1. The molecule has 0 aromatic heterocycles. The third-order valence-electron chi connectivity index (χ3n) is 2.39. The summed E-state index contributed by atoms with van der Waals surface area (Å²) in [5, 5.41) is 9.05. The van der Waals surface area contributed by atoms with Crippen molar-refractivity contribution in [3.63, 3.8) is 0 Å². The van der Waals surface area contributed by atoms with Crippen molar-refractivity contribution in [2.75, 3.05) is 24.5 Å². The van der Waals surface area contributed by atoms with E-state index in [1.165, 1.54) is 0 Å². The van der Waals surface area contributed by atoms with Gasteiger partial charge in [-0.15, -0.1) is 0 Å². The molecule has 0 atom stereocenters. The highest BCUT2D eigenvalue weighted by atomic mass is 15.1. The first kappa shape index (κ1) is 11.5. The topological polar surface area (TPSA) is 53.0 Å². The highest BCUT2D eigenvalue weighted by Gasteiger charge is 2.08. The quantitative estimate of drug-likeness (QED) is 0.809. The summed E-state index contributed by atoms with van der Waals surface area (Å²) in [6.07, 6.45) is 0. The van der Waals surface area contributed by atoms with Crippen LogP contribution < -0.4 is 10.6 Å². The number of nitrogens with two attached hydrogens (primary N) is 1. The number of hydrogen-bond acceptors (Lipinski definition) is 3. The first-order valence-electron chi connectivity index (χ1n) is 5.18. The molecule has 0 amide bonds. The minimum Gasteiger partial charge on any atom is -0.369 e. The predicted molar refractivity (Wildman–Crippen MR) is 62.8 cm³/mol. The number of nitriles is 1. The molecule has 0 heterocycles. The Hall–Kier alpha value is -1.53. The van der Waals surface area contributed by atoms with Crippen molar-refractivity contribution in [2.24, 2.45) is 5.73 Å². The van der Waals surface area contributed by atoms with Crippen molar-refractivity contribution < 1.29 is 0 Å². The monoisotopic (exact) mass is 203 g/mol. The number of hydrogen-bond donors (Lipinski definition) is 1. The van der Waals surface area contributed by atoms with Gasteiger partial charge in [0.05, 0.1) is 11.3 Å². The lowest BCUT2D eigenvalue weighted by atomic mass is 10.1. The molecule has 0 aliphatic rings. The van der Waals surface area contributed by atoms with E-state index in [2.05, 4.69) is 17.9 Å². The Morgan fingerprint density at radius 1 is 1.47 bits per heavy atom. The van der Waals surface area contributed by atoms with Gasteiger partial charge in [-0.2, -0.15) is 5.26 Å². The van der Waals surface area contributed by atoms with Gasteiger partial charge in [0.25, 0.3) is 0 Å². The molecule has 0 radical (unpaired) electrons. The molecule has 0 aliphatic carbocycles. The van der Waals surface area contributed by atoms with Crippen LogP contribution in [-0.2, 0) is 0 Å². The first-order valence-corrected chi connectivity index (χ1v) is 5.18. The molecule has 0 spiro atoms. The first-order chi connectivity index (χ1) is 7.22. The van der Waals surface area contributed by atoms with Crippen LogP contribution in [0.5, 0.6) is 0 Å². The van der Waals surface area contributed by atoms with Gasteiger partial charge in [0, 0.05) is 19.6 Å². The molecule has 1 rings (SSSR count). The maximum absolute atomic E-state index is 9.05. The van der Waals surface area contributed by atoms with Crippen molar-refractivity contribution in [3.05, 3.63) is 29.3 Å². The molecule has 0 bridgehead atoms. The maximum atomic E-state index is 9.05. The zero-order valence-electron chi connectivity index (χ0n) is 9.33. The van der Waals surface area contributed by atoms with Gasteiger partial charge < -0.3 is 10.6 Å². The third-order valence-corrected chi connectivity index (χ3v) is 2.39. The summed E-state index contributed by atoms with van der Waals surface area (Å²) >= 11 is 0. The molecule has 2 N–H and O–H groups in total. The molecule has 3 heteroatoms. The molecule has 0 fully saturated rings. The van der Waals surface area contributed by atoms with E-state index in [1.54, 1.807) is 0 Å². The van der Waals surface area contributed by atoms with E-state index in [0.29, 0.717) is 6.54 Å². The average Bonchev–Trinajstić information content (AvgIpc) is 2.26. The van der Waals surface area contributed by atoms with Crippen LogP contribution >= 0.6 is 0 Å². The Balaban J connectivity index is 3.06. The Morgan fingerprint density at radius 3 is 2.73 bits per heavy atom. The molecular weight excluding hydrogens is 186 g/mol. The largest absolute Gasteiger partial charge is 0.369 e. The van der Waals surface area contributed by atoms with Gasteiger partial charge in [-0.3, -0.25) is 0 Å². The molecule has 3 nitrogen and oxygen atoms in total. The fourth-order valence-electron chi connectivity index (χ4n) is 1.62. The zero-order chi connectivity index (χ0) is 11.3. The summed E-state index contributed by atoms with van der Waals surface area (Å²) < 4.78 is 0. The lowest BCUT2D eigenvalue weighted by Crippen LogP contribution is -2.29. The summed E-state index contributed by atoms with van der Waals surface area (Å²) in [6.45, 7) is 6.32. The van der Waals surface area contributed by atoms with Crippen LogP contribution in [-0.4, -0.2) is 19.6 Å². The van der Waals surface area contributed by atoms with Gasteiger partial charge >= 0.3 is 0 Å². The minimum atomic E-state index is 0.604. The number of rotatable bonds is 4. The molecule has 0 saturated heterocycles. The van der Waals surface area contributed by atoms with E-state index in [9.17, 15) is 0 Å². The Labute approximate surface area is 91.1 Å². The summed E-state index contributed by atoms with van der Waals surface area (Å²) in [6, 6.07) is 8.15. The molecule has 15 heavy (non-hydrogen) atoms. The Kier molecular flexibility index (Phi) is 4.14. The highest BCUT2D eigenvalue weighted by Crippen LogP contribution is 2.20. The van der Waals surface area contributed by atoms with Crippen molar-refractivity contribution in [1.82, 2.24) is 0 Å². The van der Waals surface area contributed by atoms with Gasteiger partial charge in [-0.1, -0.05) is 6.07 Å². The van der Waals surface area contributed by atoms with E-state index in [-0.39, 0.29) is 0 Å². The second kappa shape index (κ2) is 5.38. The summed E-state index contributed by atoms with van der Waals surface area (Å²) in [5.41, 5.74) is 8.36. The van der Waals surface area contributed by atoms with Gasteiger partial charge in [-0.25, -0.2) is 0 Å². The van der Waals surface area contributed by atoms with E-state index in [4.69, 9.17) is 11.0 Å². The lowest BCUT2D eigenvalue weighted by molar-refractivity contribution is 0.815. The van der Waals surface area contributed by atoms with Crippen LogP contribution in [0.2, 0.25) is 0 Å². The van der Waals surface area contributed by atoms with Crippen LogP contribution in [0, 0.1) is 18.3 Å². The number of benzene rings is 1. The van der Waals surface area contributed by atoms with E-state index < -0.39 is 0 Å². The van der Waals surface area contributed by atoms with E-state index in [0.717, 1.165) is 29.9 Å². The molecule has 1 aromatic carbocycles. The fourth-order valence-corrected chi connectivity index (χ4v) is 1.62. The number of nitrogens with zero attached hydrogens (tertiary/aromatic N) is 2. The molecule has 0 aliphatic heterocycles. The number of likely N-dealkylation sites (N-methyl/N-ethyl adjacent to an activating group) is 1. The highest BCUT2D eigenvalue weighted by molar-refractivity contribution is 5.60. The van der Waals surface area contributed by atoms with Crippen LogP contribution in [0.3, 0.4) is 0 Å². The third kappa shape index (κ3) is 2.71. The van der Waals surface area contributed by atoms with Crippen molar-refractivity contribution in [1.29, 1.82) is 5.26 Å². The maximum Gasteiger partial charge on any atom is 0.101 e. The summed E-state index contributed by atoms with van der Waals surface area (Å²) in [7, 11) is 0. The second-order valence-corrected chi connectivity index (χ2v) is 3.50. The Bertz CT molecular complexity index is 366. The molecule has 0 saturated carbocycles. The van der Waals surface area contributed by atoms with Crippen LogP contribution in [0.15, 0.2) is 18.2 Å². The Morgan fingerprint density at radius 2 is 2.20 bits per heavy atom. The van der Waals surface area contributed by atoms with Crippen LogP contribution in [0.1, 0.15) is 18.1 Å². The number of aryl methyl sites for hydroxylation is 1. The second-order valence-electron chi connectivity index (χ2n) is 3.50. The smallest absolute Gasteiger partial charge is 0.101 e. The van der Waals surface area contributed by atoms with Gasteiger partial charge in [0.15, 0.2) is 0 Å². The average molecular weight is 203 g/mol. The normalized spacial score (nSPS) is 9.73. The van der Waals surface area contributed by atoms with Crippen LogP contribution in [0.4, 0.5) is 5.69 Å². The molecule has 80 valence electrons. The minimum absolute atomic E-state index is 0.604. The molecule has 1 aromatic rings. The van der Waals surface area contributed by atoms with Gasteiger partial charge in [0.2, 0.25) is 0 Å².